The maximum absolute atomic E-state index is 13.5. The van der Waals surface area contributed by atoms with Gasteiger partial charge in [-0.15, -0.1) is 5.10 Å². The highest BCUT2D eigenvalue weighted by molar-refractivity contribution is 7.98. The molecule has 9 nitrogen and oxygen atoms in total. The van der Waals surface area contributed by atoms with Gasteiger partial charge in [-0.2, -0.15) is 4.68 Å². The van der Waals surface area contributed by atoms with Crippen LogP contribution in [0.3, 0.4) is 0 Å². The van der Waals surface area contributed by atoms with Crippen molar-refractivity contribution in [1.82, 2.24) is 29.6 Å². The average Bonchev–Trinajstić information content (AvgIpc) is 3.43. The van der Waals surface area contributed by atoms with Crippen molar-refractivity contribution in [3.8, 4) is 11.4 Å². The molecular formula is C26H20N6O3S. The molecule has 0 fully saturated rings. The lowest BCUT2D eigenvalue weighted by Crippen LogP contribution is -2.22. The maximum atomic E-state index is 13.5. The monoisotopic (exact) mass is 496 g/mol. The van der Waals surface area contributed by atoms with E-state index in [1.165, 1.54) is 22.5 Å². The van der Waals surface area contributed by atoms with Gasteiger partial charge in [0, 0.05) is 24.3 Å². The van der Waals surface area contributed by atoms with Crippen LogP contribution in [0.4, 0.5) is 0 Å². The lowest BCUT2D eigenvalue weighted by Gasteiger charge is -2.08. The Morgan fingerprint density at radius 2 is 1.75 bits per heavy atom. The predicted octanol–water partition coefficient (Wildman–Crippen LogP) is 4.01. The molecule has 6 aromatic rings. The standard InChI is InChI=1S/C26H20N6O3S/c1-16-24(25(34)32(30(16)2)19-9-4-3-5-10-19)31-26(27-28-29-31)36-15-18-14-22(33)35-21-13-12-17-8-6-7-11-20(17)23(18)21/h3-14H,15H2,1-2H3. The molecule has 0 atom stereocenters. The number of tetrazole rings is 1. The summed E-state index contributed by atoms with van der Waals surface area (Å²) in [6.07, 6.45) is 0. The van der Waals surface area contributed by atoms with Crippen molar-refractivity contribution in [3.05, 3.63) is 105 Å². The summed E-state index contributed by atoms with van der Waals surface area (Å²) in [5.74, 6) is 0.412. The zero-order valence-electron chi connectivity index (χ0n) is 19.5. The number of aromatic nitrogens is 6. The molecule has 0 aliphatic rings. The molecule has 0 radical (unpaired) electrons. The molecule has 3 heterocycles. The third kappa shape index (κ3) is 3.54. The summed E-state index contributed by atoms with van der Waals surface area (Å²) in [4.78, 5) is 25.8. The van der Waals surface area contributed by atoms with Gasteiger partial charge in [0.15, 0.2) is 5.69 Å². The van der Waals surface area contributed by atoms with Crippen LogP contribution in [0.1, 0.15) is 11.3 Å². The number of fused-ring (bicyclic) bond motifs is 3. The molecule has 0 spiro atoms. The summed E-state index contributed by atoms with van der Waals surface area (Å²) in [6, 6.07) is 22.6. The van der Waals surface area contributed by atoms with Gasteiger partial charge in [0.05, 0.1) is 11.4 Å². The lowest BCUT2D eigenvalue weighted by atomic mass is 10.0. The van der Waals surface area contributed by atoms with Crippen LogP contribution in [0.15, 0.2) is 92.0 Å². The van der Waals surface area contributed by atoms with Crippen LogP contribution in [-0.2, 0) is 12.8 Å². The first-order chi connectivity index (χ1) is 17.5. The van der Waals surface area contributed by atoms with Crippen LogP contribution in [0.25, 0.3) is 33.1 Å². The van der Waals surface area contributed by atoms with E-state index in [-0.39, 0.29) is 5.56 Å². The van der Waals surface area contributed by atoms with Crippen molar-refractivity contribution in [3.63, 3.8) is 0 Å². The minimum Gasteiger partial charge on any atom is -0.423 e. The van der Waals surface area contributed by atoms with E-state index in [0.717, 1.165) is 33.1 Å². The number of hydrogen-bond acceptors (Lipinski definition) is 7. The summed E-state index contributed by atoms with van der Waals surface area (Å²) in [7, 11) is 1.82. The zero-order valence-corrected chi connectivity index (χ0v) is 20.3. The van der Waals surface area contributed by atoms with Crippen molar-refractivity contribution in [2.24, 2.45) is 7.05 Å². The van der Waals surface area contributed by atoms with E-state index >= 15 is 0 Å². The molecule has 0 unspecified atom stereocenters. The Morgan fingerprint density at radius 1 is 0.972 bits per heavy atom. The van der Waals surface area contributed by atoms with Crippen LogP contribution in [0.5, 0.6) is 0 Å². The maximum Gasteiger partial charge on any atom is 0.336 e. The Hall–Kier alpha value is -4.44. The molecule has 0 N–H and O–H groups in total. The molecule has 6 rings (SSSR count). The Kier molecular flexibility index (Phi) is 5.30. The van der Waals surface area contributed by atoms with Gasteiger partial charge in [0.25, 0.3) is 5.56 Å². The van der Waals surface area contributed by atoms with E-state index < -0.39 is 5.63 Å². The van der Waals surface area contributed by atoms with Gasteiger partial charge in [-0.1, -0.05) is 60.3 Å². The van der Waals surface area contributed by atoms with E-state index in [1.807, 2.05) is 80.7 Å². The Labute approximate surface area is 208 Å². The van der Waals surface area contributed by atoms with Gasteiger partial charge in [0.1, 0.15) is 5.58 Å². The summed E-state index contributed by atoms with van der Waals surface area (Å²) < 4.78 is 10.3. The summed E-state index contributed by atoms with van der Waals surface area (Å²) >= 11 is 1.35. The Bertz CT molecular complexity index is 1870. The van der Waals surface area contributed by atoms with Gasteiger partial charge >= 0.3 is 5.63 Å². The quantitative estimate of drug-likeness (QED) is 0.202. The molecule has 0 saturated heterocycles. The molecule has 0 aliphatic heterocycles. The molecule has 10 heteroatoms. The fourth-order valence-electron chi connectivity index (χ4n) is 4.48. The first-order valence-corrected chi connectivity index (χ1v) is 12.2. The van der Waals surface area contributed by atoms with Gasteiger partial charge in [-0.05, 0) is 51.9 Å². The first-order valence-electron chi connectivity index (χ1n) is 11.2. The molecule has 36 heavy (non-hydrogen) atoms. The van der Waals surface area contributed by atoms with E-state index in [1.54, 1.807) is 9.36 Å². The largest absolute Gasteiger partial charge is 0.423 e. The second-order valence-electron chi connectivity index (χ2n) is 8.32. The second-order valence-corrected chi connectivity index (χ2v) is 9.27. The number of rotatable bonds is 5. The number of benzene rings is 3. The lowest BCUT2D eigenvalue weighted by molar-refractivity contribution is 0.560. The number of hydrogen-bond donors (Lipinski definition) is 0. The summed E-state index contributed by atoms with van der Waals surface area (Å²) in [5, 5.41) is 15.5. The molecular weight excluding hydrogens is 476 g/mol. The fourth-order valence-corrected chi connectivity index (χ4v) is 5.34. The number of nitrogens with zero attached hydrogens (tertiary/aromatic N) is 6. The fraction of sp³-hybridized carbons (Fsp3) is 0.115. The van der Waals surface area contributed by atoms with Crippen LogP contribution in [0, 0.1) is 6.92 Å². The molecule has 0 saturated carbocycles. The Morgan fingerprint density at radius 3 is 2.58 bits per heavy atom. The smallest absolute Gasteiger partial charge is 0.336 e. The van der Waals surface area contributed by atoms with Crippen molar-refractivity contribution in [2.75, 3.05) is 0 Å². The van der Waals surface area contributed by atoms with Gasteiger partial charge in [-0.25, -0.2) is 9.48 Å². The average molecular weight is 497 g/mol. The van der Waals surface area contributed by atoms with Gasteiger partial charge in [0.2, 0.25) is 5.16 Å². The molecule has 3 aromatic heterocycles. The van der Waals surface area contributed by atoms with Crippen molar-refractivity contribution in [2.45, 2.75) is 17.8 Å². The van der Waals surface area contributed by atoms with Crippen molar-refractivity contribution >= 4 is 33.5 Å². The second kappa shape index (κ2) is 8.65. The zero-order chi connectivity index (χ0) is 24.8. The Balaban J connectivity index is 1.42. The SMILES string of the molecule is Cc1c(-n2nnnc2SCc2cc(=O)oc3ccc4ccccc4c23)c(=O)n(-c2ccccc2)n1C. The van der Waals surface area contributed by atoms with Crippen molar-refractivity contribution < 1.29 is 4.42 Å². The van der Waals surface area contributed by atoms with E-state index in [9.17, 15) is 9.59 Å². The topological polar surface area (TPSA) is 101 Å². The van der Waals surface area contributed by atoms with Gasteiger partial charge in [-0.3, -0.25) is 9.48 Å². The van der Waals surface area contributed by atoms with E-state index in [2.05, 4.69) is 15.5 Å². The van der Waals surface area contributed by atoms with Crippen LogP contribution in [-0.4, -0.2) is 29.6 Å². The molecule has 178 valence electrons. The van der Waals surface area contributed by atoms with E-state index in [0.29, 0.717) is 22.2 Å². The molecule has 3 aromatic carbocycles. The highest BCUT2D eigenvalue weighted by Crippen LogP contribution is 2.31. The number of thioether (sulfide) groups is 1. The minimum atomic E-state index is -0.419. The minimum absolute atomic E-state index is 0.229. The summed E-state index contributed by atoms with van der Waals surface area (Å²) in [5.41, 5.74) is 2.53. The molecule has 0 bridgehead atoms. The van der Waals surface area contributed by atoms with Crippen molar-refractivity contribution in [1.29, 1.82) is 0 Å². The highest BCUT2D eigenvalue weighted by Gasteiger charge is 2.22. The first kappa shape index (κ1) is 22.1. The van der Waals surface area contributed by atoms with Crippen LogP contribution < -0.4 is 11.2 Å². The highest BCUT2D eigenvalue weighted by atomic mass is 32.2. The number of para-hydroxylation sites is 1. The summed E-state index contributed by atoms with van der Waals surface area (Å²) in [6.45, 7) is 1.86. The third-order valence-electron chi connectivity index (χ3n) is 6.25. The molecule has 0 aliphatic carbocycles. The van der Waals surface area contributed by atoms with Gasteiger partial charge < -0.3 is 4.42 Å². The molecule has 0 amide bonds. The van der Waals surface area contributed by atoms with E-state index in [4.69, 9.17) is 4.42 Å². The van der Waals surface area contributed by atoms with Crippen LogP contribution in [0.2, 0.25) is 0 Å². The normalized spacial score (nSPS) is 11.5. The van der Waals surface area contributed by atoms with Crippen LogP contribution >= 0.6 is 11.8 Å². The predicted molar refractivity (Wildman–Crippen MR) is 138 cm³/mol. The third-order valence-corrected chi connectivity index (χ3v) is 7.22.